The Kier molecular flexibility index (Phi) is 7.70. The van der Waals surface area contributed by atoms with Crippen molar-refractivity contribution in [2.75, 3.05) is 26.8 Å². The summed E-state index contributed by atoms with van der Waals surface area (Å²) in [5, 5.41) is 13.1. The first kappa shape index (κ1) is 27.8. The third kappa shape index (κ3) is 5.74. The Labute approximate surface area is 248 Å². The molecule has 218 valence electrons. The Morgan fingerprint density at radius 3 is 2.51 bits per heavy atom. The topological polar surface area (TPSA) is 114 Å². The molecule has 1 unspecified atom stereocenters. The zero-order chi connectivity index (χ0) is 29.9. The lowest BCUT2D eigenvalue weighted by atomic mass is 9.87. The van der Waals surface area contributed by atoms with Gasteiger partial charge in [-0.2, -0.15) is 0 Å². The SMILES string of the molecule is COC(=O)c1ccc(C(=O)N2CCc3cc4ccc3C2c2cccc(c2)OCCCNC(=O)c2cc(ccc2O)O4)cc1. The van der Waals surface area contributed by atoms with E-state index in [1.54, 1.807) is 30.3 Å². The molecule has 0 spiro atoms. The van der Waals surface area contributed by atoms with E-state index in [1.165, 1.54) is 19.2 Å². The van der Waals surface area contributed by atoms with Crippen LogP contribution >= 0.6 is 0 Å². The minimum Gasteiger partial charge on any atom is -0.507 e. The summed E-state index contributed by atoms with van der Waals surface area (Å²) >= 11 is 0. The minimum absolute atomic E-state index is 0.124. The molecule has 3 aliphatic heterocycles. The predicted octanol–water partition coefficient (Wildman–Crippen LogP) is 5.27. The van der Waals surface area contributed by atoms with Gasteiger partial charge in [0.05, 0.1) is 30.9 Å². The number of carbonyl (C=O) groups is 3. The number of methoxy groups -OCH3 is 1. The van der Waals surface area contributed by atoms with Gasteiger partial charge in [0.1, 0.15) is 23.0 Å². The highest BCUT2D eigenvalue weighted by atomic mass is 16.5. The van der Waals surface area contributed by atoms with Gasteiger partial charge in [-0.15, -0.1) is 0 Å². The van der Waals surface area contributed by atoms with E-state index in [1.807, 2.05) is 47.4 Å². The summed E-state index contributed by atoms with van der Waals surface area (Å²) in [6.07, 6.45) is 1.14. The van der Waals surface area contributed by atoms with E-state index in [-0.39, 0.29) is 17.2 Å². The van der Waals surface area contributed by atoms with Crippen LogP contribution in [0.2, 0.25) is 0 Å². The van der Waals surface area contributed by atoms with E-state index >= 15 is 0 Å². The standard InChI is InChI=1S/C34H30N2O7/c1-41-34(40)22-8-6-21(7-9-22)33(39)36-16-14-23-18-26-10-12-28(23)31(36)24-4-2-5-25(19-24)42-17-3-15-35-32(38)29-20-27(43-26)11-13-30(29)37/h2,4-13,18-20,31,37H,3,14-17H2,1H3,(H,35,38). The Hall–Kier alpha value is -5.31. The highest BCUT2D eigenvalue weighted by molar-refractivity contribution is 5.97. The fraction of sp³-hybridized carbons (Fsp3) is 0.206. The van der Waals surface area contributed by atoms with Crippen LogP contribution in [0.5, 0.6) is 23.0 Å². The monoisotopic (exact) mass is 578 g/mol. The predicted molar refractivity (Wildman–Crippen MR) is 158 cm³/mol. The molecule has 0 fully saturated rings. The summed E-state index contributed by atoms with van der Waals surface area (Å²) in [6.45, 7) is 1.17. The average Bonchev–Trinajstić information content (AvgIpc) is 3.04. The summed E-state index contributed by atoms with van der Waals surface area (Å²) in [7, 11) is 1.32. The minimum atomic E-state index is -0.462. The first-order chi connectivity index (χ1) is 20.9. The molecule has 2 amide bonds. The van der Waals surface area contributed by atoms with E-state index in [4.69, 9.17) is 14.2 Å². The molecule has 3 heterocycles. The highest BCUT2D eigenvalue weighted by Gasteiger charge is 2.33. The molecule has 0 saturated heterocycles. The molecule has 0 aliphatic carbocycles. The molecule has 9 nitrogen and oxygen atoms in total. The van der Waals surface area contributed by atoms with Gasteiger partial charge in [-0.25, -0.2) is 4.79 Å². The maximum Gasteiger partial charge on any atom is 0.337 e. The highest BCUT2D eigenvalue weighted by Crippen LogP contribution is 2.39. The Bertz CT molecular complexity index is 1700. The molecule has 9 heteroatoms. The molecule has 8 bridgehead atoms. The molecule has 1 atom stereocenters. The van der Waals surface area contributed by atoms with Crippen molar-refractivity contribution in [2.45, 2.75) is 18.9 Å². The van der Waals surface area contributed by atoms with Crippen LogP contribution in [0.4, 0.5) is 0 Å². The van der Waals surface area contributed by atoms with Gasteiger partial charge in [-0.3, -0.25) is 9.59 Å². The number of amides is 2. The van der Waals surface area contributed by atoms with Gasteiger partial charge < -0.3 is 29.5 Å². The van der Waals surface area contributed by atoms with Crippen LogP contribution in [0.15, 0.2) is 84.9 Å². The van der Waals surface area contributed by atoms with Crippen molar-refractivity contribution in [3.63, 3.8) is 0 Å². The third-order valence-corrected chi connectivity index (χ3v) is 7.65. The summed E-state index contributed by atoms with van der Waals surface area (Å²) in [5.74, 6) is 0.487. The number of benzene rings is 4. The maximum absolute atomic E-state index is 13.9. The molecule has 2 N–H and O–H groups in total. The molecular weight excluding hydrogens is 548 g/mol. The zero-order valence-corrected chi connectivity index (χ0v) is 23.5. The molecule has 3 aliphatic rings. The first-order valence-electron chi connectivity index (χ1n) is 14.1. The fourth-order valence-corrected chi connectivity index (χ4v) is 5.51. The van der Waals surface area contributed by atoms with Gasteiger partial charge >= 0.3 is 5.97 Å². The molecule has 7 rings (SSSR count). The van der Waals surface area contributed by atoms with E-state index in [9.17, 15) is 19.5 Å². The van der Waals surface area contributed by atoms with Gasteiger partial charge in [0.15, 0.2) is 0 Å². The zero-order valence-electron chi connectivity index (χ0n) is 23.5. The number of phenols is 1. The van der Waals surface area contributed by atoms with Crippen molar-refractivity contribution < 1.29 is 33.7 Å². The van der Waals surface area contributed by atoms with Crippen molar-refractivity contribution in [3.05, 3.63) is 118 Å². The molecule has 0 aromatic heterocycles. The summed E-state index contributed by atoms with van der Waals surface area (Å²) < 4.78 is 16.9. The van der Waals surface area contributed by atoms with Crippen molar-refractivity contribution in [3.8, 4) is 23.0 Å². The Morgan fingerprint density at radius 2 is 1.70 bits per heavy atom. The largest absolute Gasteiger partial charge is 0.507 e. The normalized spacial score (nSPS) is 16.2. The number of aromatic hydroxyl groups is 1. The number of hydrogen-bond donors (Lipinski definition) is 2. The average molecular weight is 579 g/mol. The smallest absolute Gasteiger partial charge is 0.337 e. The number of esters is 1. The fourth-order valence-electron chi connectivity index (χ4n) is 5.51. The second kappa shape index (κ2) is 11.9. The number of phenolic OH excluding ortho intramolecular Hbond substituents is 1. The van der Waals surface area contributed by atoms with Crippen LogP contribution in [0.1, 0.15) is 60.2 Å². The third-order valence-electron chi connectivity index (χ3n) is 7.65. The quantitative estimate of drug-likeness (QED) is 0.312. The molecular formula is C34H30N2O7. The number of carbonyl (C=O) groups excluding carboxylic acids is 3. The lowest BCUT2D eigenvalue weighted by Gasteiger charge is -2.38. The lowest BCUT2D eigenvalue weighted by molar-refractivity contribution is 0.0599. The van der Waals surface area contributed by atoms with Gasteiger partial charge in [-0.1, -0.05) is 18.2 Å². The maximum atomic E-state index is 13.9. The van der Waals surface area contributed by atoms with E-state index in [0.717, 1.165) is 16.7 Å². The number of rotatable bonds is 2. The lowest BCUT2D eigenvalue weighted by Crippen LogP contribution is -2.40. The van der Waals surface area contributed by atoms with Crippen LogP contribution in [0.3, 0.4) is 0 Å². The first-order valence-corrected chi connectivity index (χ1v) is 14.1. The van der Waals surface area contributed by atoms with E-state index in [0.29, 0.717) is 60.9 Å². The number of ether oxygens (including phenoxy) is 3. The second-order valence-electron chi connectivity index (χ2n) is 10.4. The second-order valence-corrected chi connectivity index (χ2v) is 10.4. The van der Waals surface area contributed by atoms with E-state index < -0.39 is 17.9 Å². The molecule has 0 saturated carbocycles. The van der Waals surface area contributed by atoms with Crippen molar-refractivity contribution >= 4 is 17.8 Å². The number of nitrogens with zero attached hydrogens (tertiary/aromatic N) is 1. The number of hydrogen-bond acceptors (Lipinski definition) is 7. The summed E-state index contributed by atoms with van der Waals surface area (Å²) in [4.78, 5) is 40.4. The van der Waals surface area contributed by atoms with Crippen LogP contribution in [0, 0.1) is 0 Å². The van der Waals surface area contributed by atoms with Crippen LogP contribution < -0.4 is 14.8 Å². The number of nitrogens with one attached hydrogen (secondary N) is 1. The summed E-state index contributed by atoms with van der Waals surface area (Å²) in [5.41, 5.74) is 3.84. The van der Waals surface area contributed by atoms with Gasteiger partial charge in [0, 0.05) is 18.7 Å². The Morgan fingerprint density at radius 1 is 0.930 bits per heavy atom. The molecule has 4 aromatic rings. The Balaban J connectivity index is 1.40. The van der Waals surface area contributed by atoms with Crippen LogP contribution in [0.25, 0.3) is 0 Å². The van der Waals surface area contributed by atoms with Gasteiger partial charge in [0.25, 0.3) is 11.8 Å². The molecule has 0 radical (unpaired) electrons. The van der Waals surface area contributed by atoms with Gasteiger partial charge in [-0.05, 0) is 96.3 Å². The van der Waals surface area contributed by atoms with Gasteiger partial charge in [0.2, 0.25) is 0 Å². The van der Waals surface area contributed by atoms with Crippen molar-refractivity contribution in [1.82, 2.24) is 10.2 Å². The van der Waals surface area contributed by atoms with E-state index in [2.05, 4.69) is 5.32 Å². The van der Waals surface area contributed by atoms with Crippen LogP contribution in [-0.2, 0) is 11.2 Å². The number of fused-ring (bicyclic) bond motifs is 6. The van der Waals surface area contributed by atoms with Crippen molar-refractivity contribution in [1.29, 1.82) is 0 Å². The van der Waals surface area contributed by atoms with Crippen LogP contribution in [-0.4, -0.2) is 54.6 Å². The molecule has 4 aromatic carbocycles. The van der Waals surface area contributed by atoms with Crippen molar-refractivity contribution in [2.24, 2.45) is 0 Å². The summed E-state index contributed by atoms with van der Waals surface area (Å²) in [6, 6.07) is 24.1. The molecule has 43 heavy (non-hydrogen) atoms.